The van der Waals surface area contributed by atoms with E-state index in [4.69, 9.17) is 5.11 Å². The van der Waals surface area contributed by atoms with Crippen molar-refractivity contribution < 1.29 is 15.0 Å². The van der Waals surface area contributed by atoms with Crippen LogP contribution in [0, 0.1) is 11.8 Å². The number of rotatable bonds is 4. The molecule has 2 N–H and O–H groups in total. The Bertz CT molecular complexity index is 471. The van der Waals surface area contributed by atoms with E-state index in [1.807, 2.05) is 24.3 Å². The van der Waals surface area contributed by atoms with Gasteiger partial charge in [-0.25, -0.2) is 0 Å². The van der Waals surface area contributed by atoms with Gasteiger partial charge in [0.05, 0.1) is 12.5 Å². The second-order valence-corrected chi connectivity index (χ2v) is 6.23. The first-order valence-corrected chi connectivity index (χ1v) is 7.30. The standard InChI is InChI=1S/C16H21NO3/c18-15-6-13-9-17(10-14(13)7-15)8-12-3-1-11(2-4-12)5-16(19)20/h1-4,13-15,18H,5-10H2,(H,19,20)/t13-,14+,15?. The number of carbonyl (C=O) groups is 1. The summed E-state index contributed by atoms with van der Waals surface area (Å²) in [6, 6.07) is 7.87. The van der Waals surface area contributed by atoms with Crippen LogP contribution >= 0.6 is 0 Å². The molecule has 1 saturated heterocycles. The fourth-order valence-corrected chi connectivity index (χ4v) is 3.69. The number of carboxylic acid groups (broad SMARTS) is 1. The van der Waals surface area contributed by atoms with Crippen LogP contribution < -0.4 is 0 Å². The Morgan fingerprint density at radius 3 is 2.20 bits per heavy atom. The maximum atomic E-state index is 10.6. The van der Waals surface area contributed by atoms with Gasteiger partial charge in [-0.1, -0.05) is 24.3 Å². The second kappa shape index (κ2) is 5.54. The van der Waals surface area contributed by atoms with E-state index in [1.165, 1.54) is 5.56 Å². The molecule has 0 bridgehead atoms. The Balaban J connectivity index is 1.55. The maximum Gasteiger partial charge on any atom is 0.307 e. The molecule has 1 saturated carbocycles. The lowest BCUT2D eigenvalue weighted by Crippen LogP contribution is -2.22. The molecule has 2 fully saturated rings. The Morgan fingerprint density at radius 1 is 1.10 bits per heavy atom. The molecule has 0 amide bonds. The molecule has 1 aliphatic carbocycles. The number of benzene rings is 1. The van der Waals surface area contributed by atoms with E-state index in [9.17, 15) is 9.90 Å². The van der Waals surface area contributed by atoms with Gasteiger partial charge < -0.3 is 10.2 Å². The third kappa shape index (κ3) is 3.02. The van der Waals surface area contributed by atoms with E-state index in [0.717, 1.165) is 38.0 Å². The molecule has 1 aliphatic heterocycles. The number of aliphatic hydroxyl groups is 1. The summed E-state index contributed by atoms with van der Waals surface area (Å²) in [5.74, 6) is 0.538. The summed E-state index contributed by atoms with van der Waals surface area (Å²) in [7, 11) is 0. The molecule has 2 aliphatic rings. The van der Waals surface area contributed by atoms with E-state index >= 15 is 0 Å². The highest BCUT2D eigenvalue weighted by molar-refractivity contribution is 5.70. The van der Waals surface area contributed by atoms with Gasteiger partial charge in [-0.3, -0.25) is 9.69 Å². The Hall–Kier alpha value is -1.39. The summed E-state index contributed by atoms with van der Waals surface area (Å²) < 4.78 is 0. The number of aliphatic carboxylic acids is 1. The quantitative estimate of drug-likeness (QED) is 0.874. The fourth-order valence-electron chi connectivity index (χ4n) is 3.69. The van der Waals surface area contributed by atoms with Crippen molar-refractivity contribution >= 4 is 5.97 Å². The minimum absolute atomic E-state index is 0.0811. The largest absolute Gasteiger partial charge is 0.481 e. The summed E-state index contributed by atoms with van der Waals surface area (Å²) in [5.41, 5.74) is 2.09. The van der Waals surface area contributed by atoms with E-state index < -0.39 is 5.97 Å². The lowest BCUT2D eigenvalue weighted by atomic mass is 10.0. The predicted molar refractivity (Wildman–Crippen MR) is 75.3 cm³/mol. The molecule has 0 spiro atoms. The van der Waals surface area contributed by atoms with Gasteiger partial charge in [-0.05, 0) is 35.8 Å². The van der Waals surface area contributed by atoms with Crippen LogP contribution in [0.15, 0.2) is 24.3 Å². The summed E-state index contributed by atoms with van der Waals surface area (Å²) >= 11 is 0. The summed E-state index contributed by atoms with van der Waals surface area (Å²) in [4.78, 5) is 13.1. The van der Waals surface area contributed by atoms with Crippen LogP contribution in [-0.2, 0) is 17.8 Å². The number of hydrogen-bond donors (Lipinski definition) is 2. The number of carboxylic acids is 1. The SMILES string of the molecule is O=C(O)Cc1ccc(CN2C[C@H]3CC(O)C[C@H]3C2)cc1. The monoisotopic (exact) mass is 275 g/mol. The molecule has 0 radical (unpaired) electrons. The lowest BCUT2D eigenvalue weighted by molar-refractivity contribution is -0.136. The first-order chi connectivity index (χ1) is 9.60. The van der Waals surface area contributed by atoms with Crippen molar-refractivity contribution in [1.82, 2.24) is 4.90 Å². The average Bonchev–Trinajstić information content (AvgIpc) is 2.87. The number of fused-ring (bicyclic) bond motifs is 1. The van der Waals surface area contributed by atoms with Crippen molar-refractivity contribution in [1.29, 1.82) is 0 Å². The van der Waals surface area contributed by atoms with Crippen LogP contribution in [0.3, 0.4) is 0 Å². The topological polar surface area (TPSA) is 60.8 Å². The Labute approximate surface area is 119 Å². The van der Waals surface area contributed by atoms with Crippen LogP contribution in [0.2, 0.25) is 0 Å². The fraction of sp³-hybridized carbons (Fsp3) is 0.562. The molecule has 1 aromatic carbocycles. The van der Waals surface area contributed by atoms with Crippen LogP contribution in [0.25, 0.3) is 0 Å². The highest BCUT2D eigenvalue weighted by atomic mass is 16.4. The van der Waals surface area contributed by atoms with Gasteiger partial charge in [0.2, 0.25) is 0 Å². The number of nitrogens with zero attached hydrogens (tertiary/aromatic N) is 1. The molecule has 3 rings (SSSR count). The van der Waals surface area contributed by atoms with Crippen molar-refractivity contribution in [3.8, 4) is 0 Å². The molecule has 4 heteroatoms. The van der Waals surface area contributed by atoms with Gasteiger partial charge in [0.15, 0.2) is 0 Å². The van der Waals surface area contributed by atoms with Gasteiger partial charge in [0, 0.05) is 19.6 Å². The third-order valence-electron chi connectivity index (χ3n) is 4.59. The van der Waals surface area contributed by atoms with Gasteiger partial charge >= 0.3 is 5.97 Å². The molecular weight excluding hydrogens is 254 g/mol. The molecule has 3 atom stereocenters. The van der Waals surface area contributed by atoms with Crippen molar-refractivity contribution in [2.75, 3.05) is 13.1 Å². The van der Waals surface area contributed by atoms with Gasteiger partial charge in [-0.15, -0.1) is 0 Å². The average molecular weight is 275 g/mol. The maximum absolute atomic E-state index is 10.6. The predicted octanol–water partition coefficient (Wildman–Crippen LogP) is 1.52. The first-order valence-electron chi connectivity index (χ1n) is 7.30. The normalized spacial score (nSPS) is 29.6. The Morgan fingerprint density at radius 2 is 1.65 bits per heavy atom. The van der Waals surface area contributed by atoms with Gasteiger partial charge in [0.25, 0.3) is 0 Å². The smallest absolute Gasteiger partial charge is 0.307 e. The zero-order valence-corrected chi connectivity index (χ0v) is 11.5. The Kier molecular flexibility index (Phi) is 3.76. The third-order valence-corrected chi connectivity index (χ3v) is 4.59. The molecule has 0 aromatic heterocycles. The zero-order chi connectivity index (χ0) is 14.1. The highest BCUT2D eigenvalue weighted by Crippen LogP contribution is 2.38. The van der Waals surface area contributed by atoms with Crippen molar-refractivity contribution in [3.05, 3.63) is 35.4 Å². The van der Waals surface area contributed by atoms with Crippen LogP contribution in [-0.4, -0.2) is 40.3 Å². The molecule has 108 valence electrons. The number of likely N-dealkylation sites (tertiary alicyclic amines) is 1. The minimum atomic E-state index is -0.788. The summed E-state index contributed by atoms with van der Waals surface area (Å²) in [6.45, 7) is 3.09. The molecular formula is C16H21NO3. The van der Waals surface area contributed by atoms with Gasteiger partial charge in [0.1, 0.15) is 0 Å². The van der Waals surface area contributed by atoms with Crippen molar-refractivity contribution in [3.63, 3.8) is 0 Å². The second-order valence-electron chi connectivity index (χ2n) is 6.23. The molecule has 20 heavy (non-hydrogen) atoms. The molecule has 4 nitrogen and oxygen atoms in total. The molecule has 1 heterocycles. The molecule has 1 unspecified atom stereocenters. The van der Waals surface area contributed by atoms with Crippen molar-refractivity contribution in [2.24, 2.45) is 11.8 Å². The van der Waals surface area contributed by atoms with E-state index in [-0.39, 0.29) is 12.5 Å². The van der Waals surface area contributed by atoms with Crippen molar-refractivity contribution in [2.45, 2.75) is 31.9 Å². The number of aliphatic hydroxyl groups excluding tert-OH is 1. The highest BCUT2D eigenvalue weighted by Gasteiger charge is 2.39. The zero-order valence-electron chi connectivity index (χ0n) is 11.5. The summed E-state index contributed by atoms with van der Waals surface area (Å²) in [6.07, 6.45) is 1.92. The molecule has 1 aromatic rings. The lowest BCUT2D eigenvalue weighted by Gasteiger charge is -2.17. The van der Waals surface area contributed by atoms with Crippen LogP contribution in [0.4, 0.5) is 0 Å². The van der Waals surface area contributed by atoms with Gasteiger partial charge in [-0.2, -0.15) is 0 Å². The van der Waals surface area contributed by atoms with E-state index in [2.05, 4.69) is 4.90 Å². The van der Waals surface area contributed by atoms with Crippen LogP contribution in [0.1, 0.15) is 24.0 Å². The van der Waals surface area contributed by atoms with E-state index in [0.29, 0.717) is 11.8 Å². The van der Waals surface area contributed by atoms with E-state index in [1.54, 1.807) is 0 Å². The number of hydrogen-bond acceptors (Lipinski definition) is 3. The van der Waals surface area contributed by atoms with Crippen LogP contribution in [0.5, 0.6) is 0 Å². The summed E-state index contributed by atoms with van der Waals surface area (Å²) in [5, 5.41) is 18.4. The minimum Gasteiger partial charge on any atom is -0.481 e. The first kappa shape index (κ1) is 13.6.